The van der Waals surface area contributed by atoms with Crippen LogP contribution in [0.2, 0.25) is 0 Å². The summed E-state index contributed by atoms with van der Waals surface area (Å²) >= 11 is 1.49. The molecule has 5 heteroatoms. The standard InChI is InChI=1S/C12H15NO3S/c1-2-8(12(15)16)13-11(14)10-6-7-4-3-5-9(7)17-10/h6,8H,2-5H2,1H3,(H,13,14)(H,15,16). The summed E-state index contributed by atoms with van der Waals surface area (Å²) in [5.41, 5.74) is 1.25. The molecule has 1 heterocycles. The second-order valence-electron chi connectivity index (χ2n) is 4.19. The SMILES string of the molecule is CCC(NC(=O)c1cc2c(s1)CCC2)C(=O)O. The Morgan fingerprint density at radius 1 is 1.53 bits per heavy atom. The van der Waals surface area contributed by atoms with Gasteiger partial charge in [-0.05, 0) is 37.3 Å². The molecule has 0 saturated heterocycles. The van der Waals surface area contributed by atoms with Gasteiger partial charge in [-0.25, -0.2) is 4.79 Å². The predicted molar refractivity (Wildman–Crippen MR) is 65.5 cm³/mol. The smallest absolute Gasteiger partial charge is 0.326 e. The van der Waals surface area contributed by atoms with Crippen molar-refractivity contribution < 1.29 is 14.7 Å². The predicted octanol–water partition coefficient (Wildman–Crippen LogP) is 1.83. The third kappa shape index (κ3) is 2.49. The Balaban J connectivity index is 2.06. The molecule has 2 rings (SSSR count). The van der Waals surface area contributed by atoms with E-state index in [9.17, 15) is 9.59 Å². The summed E-state index contributed by atoms with van der Waals surface area (Å²) in [4.78, 5) is 24.6. The van der Waals surface area contributed by atoms with Gasteiger partial charge in [0.1, 0.15) is 6.04 Å². The maximum atomic E-state index is 11.9. The number of hydrogen-bond donors (Lipinski definition) is 2. The van der Waals surface area contributed by atoms with Gasteiger partial charge < -0.3 is 10.4 Å². The summed E-state index contributed by atoms with van der Waals surface area (Å²) in [6.45, 7) is 1.74. The quantitative estimate of drug-likeness (QED) is 0.860. The number of fused-ring (bicyclic) bond motifs is 1. The van der Waals surface area contributed by atoms with Crippen molar-refractivity contribution in [3.63, 3.8) is 0 Å². The van der Waals surface area contributed by atoms with Crippen molar-refractivity contribution in [2.75, 3.05) is 0 Å². The molecule has 1 amide bonds. The topological polar surface area (TPSA) is 66.4 Å². The second-order valence-corrected chi connectivity index (χ2v) is 5.32. The van der Waals surface area contributed by atoms with Crippen LogP contribution in [0.4, 0.5) is 0 Å². The summed E-state index contributed by atoms with van der Waals surface area (Å²) in [6, 6.07) is 1.11. The number of aryl methyl sites for hydroxylation is 2. The maximum Gasteiger partial charge on any atom is 0.326 e. The molecule has 0 fully saturated rings. The number of hydrogen-bond acceptors (Lipinski definition) is 3. The molecule has 1 aliphatic rings. The first kappa shape index (κ1) is 12.1. The first-order valence-electron chi connectivity index (χ1n) is 5.77. The molecule has 0 radical (unpaired) electrons. The normalized spacial score (nSPS) is 15.4. The highest BCUT2D eigenvalue weighted by molar-refractivity contribution is 7.14. The lowest BCUT2D eigenvalue weighted by atomic mass is 10.2. The molecule has 17 heavy (non-hydrogen) atoms. The number of carboxylic acids is 1. The van der Waals surface area contributed by atoms with Crippen LogP contribution in [0.15, 0.2) is 6.07 Å². The molecule has 92 valence electrons. The zero-order valence-corrected chi connectivity index (χ0v) is 10.5. The molecule has 0 aromatic carbocycles. The van der Waals surface area contributed by atoms with E-state index in [0.717, 1.165) is 19.3 Å². The van der Waals surface area contributed by atoms with Crippen molar-refractivity contribution in [2.24, 2.45) is 0 Å². The molecule has 1 aromatic heterocycles. The molecule has 1 unspecified atom stereocenters. The van der Waals surface area contributed by atoms with Gasteiger partial charge in [0.05, 0.1) is 4.88 Å². The molecule has 0 bridgehead atoms. The number of nitrogens with one attached hydrogen (secondary N) is 1. The average Bonchev–Trinajstić information content (AvgIpc) is 2.84. The van der Waals surface area contributed by atoms with Crippen molar-refractivity contribution in [1.29, 1.82) is 0 Å². The van der Waals surface area contributed by atoms with Gasteiger partial charge in [-0.1, -0.05) is 6.92 Å². The molecule has 1 aromatic rings. The highest BCUT2D eigenvalue weighted by Crippen LogP contribution is 2.30. The Labute approximate surface area is 104 Å². The summed E-state index contributed by atoms with van der Waals surface area (Å²) in [7, 11) is 0. The van der Waals surface area contributed by atoms with Crippen molar-refractivity contribution in [3.05, 3.63) is 21.4 Å². The van der Waals surface area contributed by atoms with Crippen LogP contribution in [0.5, 0.6) is 0 Å². The van der Waals surface area contributed by atoms with Gasteiger partial charge in [0.15, 0.2) is 0 Å². The molecular formula is C12H15NO3S. The summed E-state index contributed by atoms with van der Waals surface area (Å²) in [5.74, 6) is -1.25. The fraction of sp³-hybridized carbons (Fsp3) is 0.500. The fourth-order valence-electron chi connectivity index (χ4n) is 2.01. The molecule has 0 saturated carbocycles. The van der Waals surface area contributed by atoms with Crippen LogP contribution >= 0.6 is 11.3 Å². The van der Waals surface area contributed by atoms with Gasteiger partial charge in [-0.2, -0.15) is 0 Å². The van der Waals surface area contributed by atoms with Crippen LogP contribution in [0.3, 0.4) is 0 Å². The number of rotatable bonds is 4. The third-order valence-corrected chi connectivity index (χ3v) is 4.22. The van der Waals surface area contributed by atoms with Crippen molar-refractivity contribution in [2.45, 2.75) is 38.6 Å². The number of carboxylic acid groups (broad SMARTS) is 1. The van der Waals surface area contributed by atoms with Crippen LogP contribution in [-0.4, -0.2) is 23.0 Å². The van der Waals surface area contributed by atoms with Crippen molar-refractivity contribution >= 4 is 23.2 Å². The van der Waals surface area contributed by atoms with Gasteiger partial charge >= 0.3 is 5.97 Å². The largest absolute Gasteiger partial charge is 0.480 e. The van der Waals surface area contributed by atoms with Crippen molar-refractivity contribution in [3.8, 4) is 0 Å². The highest BCUT2D eigenvalue weighted by Gasteiger charge is 2.22. The van der Waals surface area contributed by atoms with Gasteiger partial charge in [-0.15, -0.1) is 11.3 Å². The summed E-state index contributed by atoms with van der Waals surface area (Å²) < 4.78 is 0. The minimum absolute atomic E-state index is 0.265. The number of aliphatic carboxylic acids is 1. The van der Waals surface area contributed by atoms with E-state index in [4.69, 9.17) is 5.11 Å². The van der Waals surface area contributed by atoms with E-state index in [1.54, 1.807) is 6.92 Å². The molecule has 2 N–H and O–H groups in total. The van der Waals surface area contributed by atoms with E-state index < -0.39 is 12.0 Å². The molecule has 0 spiro atoms. The van der Waals surface area contributed by atoms with E-state index >= 15 is 0 Å². The molecule has 1 atom stereocenters. The average molecular weight is 253 g/mol. The molecule has 0 aliphatic heterocycles. The first-order chi connectivity index (χ1) is 8.11. The summed E-state index contributed by atoms with van der Waals surface area (Å²) in [5, 5.41) is 11.4. The summed E-state index contributed by atoms with van der Waals surface area (Å²) in [6.07, 6.45) is 3.64. The highest BCUT2D eigenvalue weighted by atomic mass is 32.1. The lowest BCUT2D eigenvalue weighted by molar-refractivity contribution is -0.139. The van der Waals surface area contributed by atoms with E-state index in [1.807, 2.05) is 6.07 Å². The van der Waals surface area contributed by atoms with Crippen LogP contribution in [0.1, 0.15) is 39.9 Å². The monoisotopic (exact) mass is 253 g/mol. The van der Waals surface area contributed by atoms with Gasteiger partial charge in [-0.3, -0.25) is 4.79 Å². The number of thiophene rings is 1. The van der Waals surface area contributed by atoms with Crippen LogP contribution < -0.4 is 5.32 Å². The Morgan fingerprint density at radius 2 is 2.29 bits per heavy atom. The fourth-order valence-corrected chi connectivity index (χ4v) is 3.17. The van der Waals surface area contributed by atoms with E-state index in [1.165, 1.54) is 21.8 Å². The molecular weight excluding hydrogens is 238 g/mol. The minimum Gasteiger partial charge on any atom is -0.480 e. The van der Waals surface area contributed by atoms with Gasteiger partial charge in [0.2, 0.25) is 0 Å². The number of carbonyl (C=O) groups is 2. The van der Waals surface area contributed by atoms with Crippen LogP contribution in [0, 0.1) is 0 Å². The molecule has 1 aliphatic carbocycles. The van der Waals surface area contributed by atoms with E-state index in [2.05, 4.69) is 5.32 Å². The Bertz CT molecular complexity index is 431. The zero-order chi connectivity index (χ0) is 12.4. The van der Waals surface area contributed by atoms with Crippen LogP contribution in [-0.2, 0) is 17.6 Å². The van der Waals surface area contributed by atoms with Crippen LogP contribution in [0.25, 0.3) is 0 Å². The third-order valence-electron chi connectivity index (χ3n) is 2.98. The Morgan fingerprint density at radius 3 is 2.88 bits per heavy atom. The Kier molecular flexibility index (Phi) is 3.47. The van der Waals surface area contributed by atoms with Gasteiger partial charge in [0.25, 0.3) is 5.91 Å². The second kappa shape index (κ2) is 4.87. The first-order valence-corrected chi connectivity index (χ1v) is 6.58. The van der Waals surface area contributed by atoms with Crippen molar-refractivity contribution in [1.82, 2.24) is 5.32 Å². The molecule has 4 nitrogen and oxygen atoms in total. The van der Waals surface area contributed by atoms with E-state index in [0.29, 0.717) is 11.3 Å². The van der Waals surface area contributed by atoms with Gasteiger partial charge in [0, 0.05) is 4.88 Å². The lowest BCUT2D eigenvalue weighted by Gasteiger charge is -2.10. The number of carbonyl (C=O) groups excluding carboxylic acids is 1. The lowest BCUT2D eigenvalue weighted by Crippen LogP contribution is -2.39. The van der Waals surface area contributed by atoms with E-state index in [-0.39, 0.29) is 5.91 Å². The maximum absolute atomic E-state index is 11.9. The Hall–Kier alpha value is -1.36. The zero-order valence-electron chi connectivity index (χ0n) is 9.66. The minimum atomic E-state index is -0.982. The number of amides is 1.